The summed E-state index contributed by atoms with van der Waals surface area (Å²) in [7, 11) is 0. The summed E-state index contributed by atoms with van der Waals surface area (Å²) in [6, 6.07) is 5.25. The molecular formula is C12H15N5O2. The van der Waals surface area contributed by atoms with Crippen molar-refractivity contribution >= 4 is 6.09 Å². The summed E-state index contributed by atoms with van der Waals surface area (Å²) in [4.78, 5) is 18.9. The van der Waals surface area contributed by atoms with E-state index in [9.17, 15) is 4.79 Å². The molecule has 2 N–H and O–H groups in total. The topological polar surface area (TPSA) is 95.9 Å². The van der Waals surface area contributed by atoms with Crippen LogP contribution in [0.25, 0.3) is 0 Å². The maximum Gasteiger partial charge on any atom is 0.411 e. The fraction of sp³-hybridized carbons (Fsp3) is 0.333. The molecule has 0 bridgehead atoms. The fourth-order valence-corrected chi connectivity index (χ4v) is 1.71. The lowest BCUT2D eigenvalue weighted by molar-refractivity contribution is 0.209. The molecule has 0 spiro atoms. The van der Waals surface area contributed by atoms with Crippen molar-refractivity contribution in [3.63, 3.8) is 0 Å². The third-order valence-corrected chi connectivity index (χ3v) is 2.60. The number of amides is 1. The maximum atomic E-state index is 10.6. The first kappa shape index (κ1) is 13.0. The van der Waals surface area contributed by atoms with Gasteiger partial charge in [-0.3, -0.25) is 4.68 Å². The van der Waals surface area contributed by atoms with E-state index in [1.807, 2.05) is 17.7 Å². The number of hydrogen-bond donors (Lipinski definition) is 1. The van der Waals surface area contributed by atoms with Crippen LogP contribution in [0.15, 0.2) is 24.5 Å². The Morgan fingerprint density at radius 1 is 1.47 bits per heavy atom. The van der Waals surface area contributed by atoms with Crippen LogP contribution in [-0.2, 0) is 13.0 Å². The Morgan fingerprint density at radius 3 is 3.00 bits per heavy atom. The van der Waals surface area contributed by atoms with Gasteiger partial charge in [0.25, 0.3) is 0 Å². The van der Waals surface area contributed by atoms with Gasteiger partial charge in [-0.15, -0.1) is 0 Å². The highest BCUT2D eigenvalue weighted by Crippen LogP contribution is 2.09. The van der Waals surface area contributed by atoms with Crippen LogP contribution < -0.4 is 10.5 Å². The monoisotopic (exact) mass is 261 g/mol. The van der Waals surface area contributed by atoms with E-state index in [0.717, 1.165) is 30.9 Å². The number of carbonyl (C=O) groups excluding carboxylic acids is 1. The van der Waals surface area contributed by atoms with Crippen molar-refractivity contribution < 1.29 is 9.53 Å². The number of primary amides is 1. The van der Waals surface area contributed by atoms with Gasteiger partial charge < -0.3 is 10.5 Å². The zero-order valence-electron chi connectivity index (χ0n) is 10.6. The predicted molar refractivity (Wildman–Crippen MR) is 67.5 cm³/mol. The highest BCUT2D eigenvalue weighted by Gasteiger charge is 2.03. The molecule has 2 rings (SSSR count). The van der Waals surface area contributed by atoms with Gasteiger partial charge in [0.2, 0.25) is 5.88 Å². The summed E-state index contributed by atoms with van der Waals surface area (Å²) in [5, 5.41) is 4.10. The van der Waals surface area contributed by atoms with Crippen molar-refractivity contribution in [1.29, 1.82) is 0 Å². The van der Waals surface area contributed by atoms with E-state index in [0.29, 0.717) is 0 Å². The number of rotatable bonds is 5. The average Bonchev–Trinajstić information content (AvgIpc) is 2.75. The second-order valence-electron chi connectivity index (χ2n) is 4.02. The standard InChI is InChI=1S/C12H15N5O2/c1-9-14-8-15-17(9)7-3-5-10-4-2-6-11(16-10)19-12(13)18/h2,4,6,8H,3,5,7H2,1H3,(H2,13,18). The largest absolute Gasteiger partial charge is 0.411 e. The fourth-order valence-electron chi connectivity index (χ4n) is 1.71. The van der Waals surface area contributed by atoms with Crippen molar-refractivity contribution in [1.82, 2.24) is 19.7 Å². The van der Waals surface area contributed by atoms with Crippen molar-refractivity contribution in [2.45, 2.75) is 26.3 Å². The first-order valence-electron chi connectivity index (χ1n) is 5.93. The first-order valence-corrected chi connectivity index (χ1v) is 5.93. The minimum absolute atomic E-state index is 0.224. The molecule has 7 heteroatoms. The van der Waals surface area contributed by atoms with E-state index in [2.05, 4.69) is 15.1 Å². The summed E-state index contributed by atoms with van der Waals surface area (Å²) >= 11 is 0. The molecule has 0 saturated heterocycles. The number of pyridine rings is 1. The number of nitrogens with zero attached hydrogens (tertiary/aromatic N) is 4. The van der Waals surface area contributed by atoms with E-state index in [-0.39, 0.29) is 5.88 Å². The number of aromatic nitrogens is 4. The van der Waals surface area contributed by atoms with Crippen molar-refractivity contribution in [3.8, 4) is 5.88 Å². The Bertz CT molecular complexity index is 567. The normalized spacial score (nSPS) is 10.4. The minimum atomic E-state index is -0.858. The summed E-state index contributed by atoms with van der Waals surface area (Å²) in [6.07, 6.45) is 2.31. The molecular weight excluding hydrogens is 246 g/mol. The number of nitrogens with two attached hydrogens (primary N) is 1. The van der Waals surface area contributed by atoms with Crippen LogP contribution in [-0.4, -0.2) is 25.8 Å². The Hall–Kier alpha value is -2.44. The SMILES string of the molecule is Cc1ncnn1CCCc1cccc(OC(N)=O)n1. The number of hydrogen-bond acceptors (Lipinski definition) is 5. The molecule has 2 aromatic rings. The van der Waals surface area contributed by atoms with Gasteiger partial charge in [-0.2, -0.15) is 5.10 Å². The molecule has 0 atom stereocenters. The lowest BCUT2D eigenvalue weighted by atomic mass is 10.2. The lowest BCUT2D eigenvalue weighted by Gasteiger charge is -2.05. The zero-order chi connectivity index (χ0) is 13.7. The lowest BCUT2D eigenvalue weighted by Crippen LogP contribution is -2.17. The van der Waals surface area contributed by atoms with Crippen molar-refractivity contribution in [2.24, 2.45) is 5.73 Å². The molecule has 7 nitrogen and oxygen atoms in total. The van der Waals surface area contributed by atoms with Gasteiger partial charge in [0.1, 0.15) is 12.2 Å². The Morgan fingerprint density at radius 2 is 2.32 bits per heavy atom. The average molecular weight is 261 g/mol. The molecule has 0 aromatic carbocycles. The van der Waals surface area contributed by atoms with Crippen molar-refractivity contribution in [2.75, 3.05) is 0 Å². The van der Waals surface area contributed by atoms with Crippen LogP contribution in [0.1, 0.15) is 17.9 Å². The van der Waals surface area contributed by atoms with E-state index < -0.39 is 6.09 Å². The molecule has 100 valence electrons. The Balaban J connectivity index is 1.89. The Kier molecular flexibility index (Phi) is 4.07. The number of ether oxygens (including phenoxy) is 1. The summed E-state index contributed by atoms with van der Waals surface area (Å²) < 4.78 is 6.56. The van der Waals surface area contributed by atoms with Crippen LogP contribution in [0.3, 0.4) is 0 Å². The molecule has 19 heavy (non-hydrogen) atoms. The maximum absolute atomic E-state index is 10.6. The molecule has 1 amide bonds. The molecule has 0 unspecified atom stereocenters. The van der Waals surface area contributed by atoms with Gasteiger partial charge in [-0.1, -0.05) is 6.07 Å². The Labute approximate surface area is 110 Å². The molecule has 2 heterocycles. The van der Waals surface area contributed by atoms with Gasteiger partial charge in [0.05, 0.1) is 0 Å². The van der Waals surface area contributed by atoms with Crippen LogP contribution in [0.2, 0.25) is 0 Å². The third kappa shape index (κ3) is 3.77. The van der Waals surface area contributed by atoms with Crippen LogP contribution >= 0.6 is 0 Å². The molecule has 0 aliphatic rings. The van der Waals surface area contributed by atoms with Gasteiger partial charge in [-0.05, 0) is 25.8 Å². The van der Waals surface area contributed by atoms with Gasteiger partial charge in [0.15, 0.2) is 0 Å². The van der Waals surface area contributed by atoms with Crippen LogP contribution in [0.5, 0.6) is 5.88 Å². The molecule has 0 radical (unpaired) electrons. The molecule has 0 aliphatic carbocycles. The second-order valence-corrected chi connectivity index (χ2v) is 4.02. The summed E-state index contributed by atoms with van der Waals surface area (Å²) in [5.74, 6) is 1.11. The second kappa shape index (κ2) is 5.94. The number of carbonyl (C=O) groups is 1. The highest BCUT2D eigenvalue weighted by atomic mass is 16.6. The van der Waals surface area contributed by atoms with E-state index in [1.165, 1.54) is 6.33 Å². The van der Waals surface area contributed by atoms with Crippen LogP contribution in [0.4, 0.5) is 4.79 Å². The highest BCUT2D eigenvalue weighted by molar-refractivity contribution is 5.67. The van der Waals surface area contributed by atoms with E-state index in [4.69, 9.17) is 10.5 Å². The summed E-state index contributed by atoms with van der Waals surface area (Å²) in [5.41, 5.74) is 5.78. The van der Waals surface area contributed by atoms with Gasteiger partial charge in [-0.25, -0.2) is 14.8 Å². The quantitative estimate of drug-likeness (QED) is 0.868. The molecule has 2 aromatic heterocycles. The zero-order valence-corrected chi connectivity index (χ0v) is 10.6. The van der Waals surface area contributed by atoms with Gasteiger partial charge >= 0.3 is 6.09 Å². The minimum Gasteiger partial charge on any atom is -0.391 e. The van der Waals surface area contributed by atoms with Gasteiger partial charge in [0, 0.05) is 18.3 Å². The number of aryl methyl sites for hydroxylation is 3. The molecule has 0 fully saturated rings. The van der Waals surface area contributed by atoms with Crippen LogP contribution in [0, 0.1) is 6.92 Å². The predicted octanol–water partition coefficient (Wildman–Crippen LogP) is 1.07. The van der Waals surface area contributed by atoms with E-state index >= 15 is 0 Å². The first-order chi connectivity index (χ1) is 9.15. The smallest absolute Gasteiger partial charge is 0.391 e. The van der Waals surface area contributed by atoms with Crippen molar-refractivity contribution in [3.05, 3.63) is 36.0 Å². The third-order valence-electron chi connectivity index (χ3n) is 2.60. The summed E-state index contributed by atoms with van der Waals surface area (Å²) in [6.45, 7) is 2.68. The molecule has 0 saturated carbocycles. The van der Waals surface area contributed by atoms with E-state index in [1.54, 1.807) is 12.1 Å². The molecule has 0 aliphatic heterocycles.